The highest BCUT2D eigenvalue weighted by atomic mass is 19.1. The highest BCUT2D eigenvalue weighted by molar-refractivity contribution is 5.58. The quantitative estimate of drug-likeness (QED) is 0.671. The van der Waals surface area contributed by atoms with Crippen LogP contribution in [-0.4, -0.2) is 15.9 Å². The molecule has 0 unspecified atom stereocenters. The minimum Gasteiger partial charge on any atom is -0.444 e. The number of hydrogen-bond donors (Lipinski definition) is 1. The van der Waals surface area contributed by atoms with Crippen molar-refractivity contribution >= 4 is 5.69 Å². The molecule has 7 heteroatoms. The molecule has 1 N–H and O–H groups in total. The van der Waals surface area contributed by atoms with Crippen LogP contribution in [0.4, 0.5) is 10.1 Å². The van der Waals surface area contributed by atoms with Crippen molar-refractivity contribution in [1.29, 1.82) is 0 Å². The van der Waals surface area contributed by atoms with E-state index in [1.807, 2.05) is 0 Å². The van der Waals surface area contributed by atoms with Crippen molar-refractivity contribution in [2.24, 2.45) is 0 Å². The zero-order valence-electron chi connectivity index (χ0n) is 10.5. The standard InChI is InChI=1S/C13H12FN3O3/c14-9-3-8(4-12(5-9)17(18)19)13-16-11(7-20-13)6-15-10-1-2-10/h3-5,7,10,15H,1-2,6H2. The van der Waals surface area contributed by atoms with Crippen LogP contribution in [0.5, 0.6) is 0 Å². The van der Waals surface area contributed by atoms with Crippen LogP contribution in [0, 0.1) is 15.9 Å². The minimum atomic E-state index is -0.690. The summed E-state index contributed by atoms with van der Waals surface area (Å²) in [6.45, 7) is 0.575. The predicted molar refractivity (Wildman–Crippen MR) is 68.4 cm³/mol. The largest absolute Gasteiger partial charge is 0.444 e. The van der Waals surface area contributed by atoms with Gasteiger partial charge in [0.25, 0.3) is 5.69 Å². The van der Waals surface area contributed by atoms with Gasteiger partial charge in [-0.1, -0.05) is 0 Å². The molecule has 0 radical (unpaired) electrons. The number of nitrogens with zero attached hydrogens (tertiary/aromatic N) is 2. The first-order valence-electron chi connectivity index (χ1n) is 6.25. The smallest absolute Gasteiger partial charge is 0.273 e. The van der Waals surface area contributed by atoms with E-state index in [2.05, 4.69) is 10.3 Å². The van der Waals surface area contributed by atoms with Gasteiger partial charge < -0.3 is 9.73 Å². The number of hydrogen-bond acceptors (Lipinski definition) is 5. The molecule has 1 fully saturated rings. The summed E-state index contributed by atoms with van der Waals surface area (Å²) in [5, 5.41) is 14.0. The Morgan fingerprint density at radius 3 is 2.95 bits per heavy atom. The Bertz CT molecular complexity index is 652. The number of oxazole rings is 1. The summed E-state index contributed by atoms with van der Waals surface area (Å²) in [5.41, 5.74) is 0.629. The van der Waals surface area contributed by atoms with Crippen molar-refractivity contribution in [2.75, 3.05) is 0 Å². The average molecular weight is 277 g/mol. The summed E-state index contributed by atoms with van der Waals surface area (Å²) in [7, 11) is 0. The van der Waals surface area contributed by atoms with Gasteiger partial charge in [-0.05, 0) is 18.9 Å². The monoisotopic (exact) mass is 277 g/mol. The van der Waals surface area contributed by atoms with Crippen LogP contribution < -0.4 is 5.32 Å². The third-order valence-electron chi connectivity index (χ3n) is 3.04. The van der Waals surface area contributed by atoms with Crippen molar-refractivity contribution in [3.05, 3.63) is 46.1 Å². The molecule has 1 heterocycles. The minimum absolute atomic E-state index is 0.181. The molecular weight excluding hydrogens is 265 g/mol. The van der Waals surface area contributed by atoms with Crippen LogP contribution in [0.3, 0.4) is 0 Å². The fraction of sp³-hybridized carbons (Fsp3) is 0.308. The summed E-state index contributed by atoms with van der Waals surface area (Å²) in [4.78, 5) is 14.3. The fourth-order valence-electron chi connectivity index (χ4n) is 1.86. The number of halogens is 1. The van der Waals surface area contributed by atoms with E-state index in [-0.39, 0.29) is 17.1 Å². The zero-order valence-corrected chi connectivity index (χ0v) is 10.5. The summed E-state index contributed by atoms with van der Waals surface area (Å²) in [5.74, 6) is -0.509. The molecule has 3 rings (SSSR count). The molecule has 1 aliphatic rings. The van der Waals surface area contributed by atoms with Crippen LogP contribution in [0.2, 0.25) is 0 Å². The van der Waals surface area contributed by atoms with Gasteiger partial charge in [0.15, 0.2) is 0 Å². The van der Waals surface area contributed by atoms with Gasteiger partial charge in [0.1, 0.15) is 12.1 Å². The second kappa shape index (κ2) is 5.01. The van der Waals surface area contributed by atoms with Crippen molar-refractivity contribution in [3.63, 3.8) is 0 Å². The van der Waals surface area contributed by atoms with Crippen LogP contribution >= 0.6 is 0 Å². The van der Waals surface area contributed by atoms with Crippen LogP contribution in [-0.2, 0) is 6.54 Å². The second-order valence-corrected chi connectivity index (χ2v) is 4.75. The molecular formula is C13H12FN3O3. The molecule has 0 spiro atoms. The van der Waals surface area contributed by atoms with E-state index in [1.54, 1.807) is 0 Å². The second-order valence-electron chi connectivity index (χ2n) is 4.75. The van der Waals surface area contributed by atoms with E-state index in [0.29, 0.717) is 18.3 Å². The maximum absolute atomic E-state index is 13.4. The maximum atomic E-state index is 13.4. The van der Waals surface area contributed by atoms with Crippen molar-refractivity contribution in [1.82, 2.24) is 10.3 Å². The van der Waals surface area contributed by atoms with Gasteiger partial charge in [0.05, 0.1) is 16.7 Å². The van der Waals surface area contributed by atoms with Gasteiger partial charge >= 0.3 is 0 Å². The molecule has 20 heavy (non-hydrogen) atoms. The van der Waals surface area contributed by atoms with Crippen LogP contribution in [0.15, 0.2) is 28.9 Å². The van der Waals surface area contributed by atoms with Gasteiger partial charge in [-0.15, -0.1) is 0 Å². The fourth-order valence-corrected chi connectivity index (χ4v) is 1.86. The molecule has 0 aliphatic heterocycles. The highest BCUT2D eigenvalue weighted by Crippen LogP contribution is 2.25. The Labute approximate surface area is 113 Å². The molecule has 104 valence electrons. The number of benzene rings is 1. The van der Waals surface area contributed by atoms with Gasteiger partial charge in [0, 0.05) is 24.2 Å². The van der Waals surface area contributed by atoms with Crippen molar-refractivity contribution in [2.45, 2.75) is 25.4 Å². The SMILES string of the molecule is O=[N+]([O-])c1cc(F)cc(-c2nc(CNC3CC3)co2)c1. The van der Waals surface area contributed by atoms with E-state index in [0.717, 1.165) is 12.1 Å². The Balaban J connectivity index is 1.82. The lowest BCUT2D eigenvalue weighted by Gasteiger charge is -1.98. The summed E-state index contributed by atoms with van der Waals surface area (Å²) < 4.78 is 18.6. The number of nitro benzene ring substituents is 1. The lowest BCUT2D eigenvalue weighted by molar-refractivity contribution is -0.385. The topological polar surface area (TPSA) is 81.2 Å². The normalized spacial score (nSPS) is 14.4. The molecule has 0 saturated heterocycles. The van der Waals surface area contributed by atoms with Crippen LogP contribution in [0.25, 0.3) is 11.5 Å². The first-order valence-corrected chi connectivity index (χ1v) is 6.25. The third kappa shape index (κ3) is 2.83. The highest BCUT2D eigenvalue weighted by Gasteiger charge is 2.21. The lowest BCUT2D eigenvalue weighted by Crippen LogP contribution is -2.15. The number of non-ortho nitro benzene ring substituents is 1. The molecule has 0 atom stereocenters. The van der Waals surface area contributed by atoms with Crippen LogP contribution in [0.1, 0.15) is 18.5 Å². The van der Waals surface area contributed by atoms with Gasteiger partial charge in [-0.25, -0.2) is 9.37 Å². The van der Waals surface area contributed by atoms with E-state index in [4.69, 9.17) is 4.42 Å². The van der Waals surface area contributed by atoms with E-state index < -0.39 is 10.7 Å². The Morgan fingerprint density at radius 1 is 1.45 bits per heavy atom. The van der Waals surface area contributed by atoms with Crippen molar-refractivity contribution in [3.8, 4) is 11.5 Å². The van der Waals surface area contributed by atoms with Gasteiger partial charge in [-0.3, -0.25) is 10.1 Å². The average Bonchev–Trinajstić information content (AvgIpc) is 3.12. The molecule has 0 amide bonds. The first kappa shape index (κ1) is 12.7. The molecule has 1 aromatic carbocycles. The Morgan fingerprint density at radius 2 is 2.25 bits per heavy atom. The number of aromatic nitrogens is 1. The number of rotatable bonds is 5. The summed E-state index contributed by atoms with van der Waals surface area (Å²) in [6, 6.07) is 3.82. The molecule has 1 aromatic heterocycles. The number of nitro groups is 1. The van der Waals surface area contributed by atoms with E-state index >= 15 is 0 Å². The van der Waals surface area contributed by atoms with E-state index in [9.17, 15) is 14.5 Å². The Hall–Kier alpha value is -2.28. The van der Waals surface area contributed by atoms with E-state index in [1.165, 1.54) is 25.2 Å². The molecule has 0 bridgehead atoms. The Kier molecular flexibility index (Phi) is 3.19. The van der Waals surface area contributed by atoms with Gasteiger partial charge in [-0.2, -0.15) is 0 Å². The predicted octanol–water partition coefficient (Wildman–Crippen LogP) is 2.64. The molecule has 1 aliphatic carbocycles. The first-order chi connectivity index (χ1) is 9.61. The molecule has 1 saturated carbocycles. The number of nitrogens with one attached hydrogen (secondary N) is 1. The molecule has 2 aromatic rings. The lowest BCUT2D eigenvalue weighted by atomic mass is 10.2. The zero-order chi connectivity index (χ0) is 14.1. The summed E-state index contributed by atoms with van der Waals surface area (Å²) >= 11 is 0. The third-order valence-corrected chi connectivity index (χ3v) is 3.04. The maximum Gasteiger partial charge on any atom is 0.273 e. The van der Waals surface area contributed by atoms with Crippen molar-refractivity contribution < 1.29 is 13.7 Å². The molecule has 6 nitrogen and oxygen atoms in total. The summed E-state index contributed by atoms with van der Waals surface area (Å²) in [6.07, 6.45) is 3.81. The van der Waals surface area contributed by atoms with Gasteiger partial charge in [0.2, 0.25) is 5.89 Å².